The van der Waals surface area contributed by atoms with Crippen LogP contribution in [0.4, 0.5) is 5.69 Å². The minimum atomic E-state index is -0.139. The number of halogens is 1. The first-order valence-electron chi connectivity index (χ1n) is 10.1. The average Bonchev–Trinajstić information content (AvgIpc) is 3.17. The van der Waals surface area contributed by atoms with Gasteiger partial charge in [-0.05, 0) is 105 Å². The lowest BCUT2D eigenvalue weighted by atomic mass is 10.1. The number of benzene rings is 2. The summed E-state index contributed by atoms with van der Waals surface area (Å²) in [7, 11) is 0. The minimum absolute atomic E-state index is 0.139. The van der Waals surface area contributed by atoms with E-state index in [1.165, 1.54) is 22.9 Å². The molecule has 0 spiro atoms. The van der Waals surface area contributed by atoms with Crippen LogP contribution < -0.4 is 5.32 Å². The molecule has 1 amide bonds. The molecule has 3 aromatic rings. The summed E-state index contributed by atoms with van der Waals surface area (Å²) < 4.78 is 2.23. The maximum absolute atomic E-state index is 12.6. The number of hydrogen-bond donors (Lipinski definition) is 1. The molecule has 4 rings (SSSR count). The Hall–Kier alpha value is -2.76. The van der Waals surface area contributed by atoms with Crippen molar-refractivity contribution >= 4 is 46.2 Å². The van der Waals surface area contributed by atoms with Crippen LogP contribution in [0.1, 0.15) is 33.6 Å². The third-order valence-electron chi connectivity index (χ3n) is 5.33. The molecule has 0 aliphatic carbocycles. The predicted molar refractivity (Wildman–Crippen MR) is 132 cm³/mol. The topological polar surface area (TPSA) is 46.4 Å². The van der Waals surface area contributed by atoms with Gasteiger partial charge in [0.05, 0.1) is 10.6 Å². The van der Waals surface area contributed by atoms with Crippen LogP contribution in [0.5, 0.6) is 0 Å². The number of carbonyl (C=O) groups excluding carboxylic acids is 1. The summed E-state index contributed by atoms with van der Waals surface area (Å²) in [4.78, 5) is 17.8. The fourth-order valence-corrected chi connectivity index (χ4v) is 4.85. The fourth-order valence-electron chi connectivity index (χ4n) is 3.86. The Morgan fingerprint density at radius 3 is 2.45 bits per heavy atom. The lowest BCUT2D eigenvalue weighted by Gasteiger charge is -2.12. The zero-order chi connectivity index (χ0) is 22.3. The summed E-state index contributed by atoms with van der Waals surface area (Å²) in [5.74, 6) is -0.139. The summed E-state index contributed by atoms with van der Waals surface area (Å²) in [6.45, 7) is 10.3. The van der Waals surface area contributed by atoms with Crippen molar-refractivity contribution in [2.24, 2.45) is 4.99 Å². The summed E-state index contributed by atoms with van der Waals surface area (Å²) in [6.07, 6.45) is 1.94. The molecule has 1 saturated heterocycles. The molecule has 0 bridgehead atoms. The molecule has 1 N–H and O–H groups in total. The van der Waals surface area contributed by atoms with E-state index < -0.39 is 0 Å². The Kier molecular flexibility index (Phi) is 5.82. The van der Waals surface area contributed by atoms with Crippen molar-refractivity contribution in [1.82, 2.24) is 9.88 Å². The zero-order valence-corrected chi connectivity index (χ0v) is 19.8. The maximum Gasteiger partial charge on any atom is 0.264 e. The lowest BCUT2D eigenvalue weighted by molar-refractivity contribution is -0.115. The van der Waals surface area contributed by atoms with E-state index >= 15 is 0 Å². The number of amidine groups is 1. The highest BCUT2D eigenvalue weighted by molar-refractivity contribution is 8.18. The lowest BCUT2D eigenvalue weighted by Crippen LogP contribution is -2.19. The highest BCUT2D eigenvalue weighted by atomic mass is 35.5. The van der Waals surface area contributed by atoms with Crippen molar-refractivity contribution in [3.05, 3.63) is 86.0 Å². The number of thioether (sulfide) groups is 1. The van der Waals surface area contributed by atoms with Crippen molar-refractivity contribution in [3.63, 3.8) is 0 Å². The van der Waals surface area contributed by atoms with Gasteiger partial charge in [-0.15, -0.1) is 0 Å². The third-order valence-corrected chi connectivity index (χ3v) is 6.65. The number of amides is 1. The van der Waals surface area contributed by atoms with Gasteiger partial charge in [0, 0.05) is 22.1 Å². The summed E-state index contributed by atoms with van der Waals surface area (Å²) >= 11 is 7.54. The zero-order valence-electron chi connectivity index (χ0n) is 18.2. The van der Waals surface area contributed by atoms with Crippen LogP contribution >= 0.6 is 23.4 Å². The van der Waals surface area contributed by atoms with E-state index in [2.05, 4.69) is 66.8 Å². The molecule has 158 valence electrons. The van der Waals surface area contributed by atoms with Crippen LogP contribution in [0.2, 0.25) is 5.02 Å². The van der Waals surface area contributed by atoms with Crippen LogP contribution in [0.3, 0.4) is 0 Å². The first-order chi connectivity index (χ1) is 14.7. The molecular formula is C25H24ClN3OS. The van der Waals surface area contributed by atoms with Crippen molar-refractivity contribution in [3.8, 4) is 5.69 Å². The molecule has 6 heteroatoms. The Morgan fingerprint density at radius 2 is 1.74 bits per heavy atom. The van der Waals surface area contributed by atoms with Gasteiger partial charge in [0.15, 0.2) is 5.17 Å². The second kappa shape index (κ2) is 8.40. The number of carbonyl (C=O) groups is 1. The van der Waals surface area contributed by atoms with Crippen LogP contribution in [0.25, 0.3) is 11.8 Å². The van der Waals surface area contributed by atoms with Gasteiger partial charge < -0.3 is 9.88 Å². The monoisotopic (exact) mass is 449 g/mol. The minimum Gasteiger partial charge on any atom is -0.318 e. The Labute approximate surface area is 192 Å². The normalized spacial score (nSPS) is 16.4. The molecule has 2 heterocycles. The van der Waals surface area contributed by atoms with Gasteiger partial charge in [-0.25, -0.2) is 4.99 Å². The summed E-state index contributed by atoms with van der Waals surface area (Å²) in [6, 6.07) is 14.2. The van der Waals surface area contributed by atoms with Crippen LogP contribution in [0.15, 0.2) is 52.4 Å². The number of nitrogens with one attached hydrogen (secondary N) is 1. The number of nitrogens with zero attached hydrogens (tertiary/aromatic N) is 2. The molecule has 4 nitrogen and oxygen atoms in total. The van der Waals surface area contributed by atoms with Gasteiger partial charge in [0.2, 0.25) is 0 Å². The fraction of sp³-hybridized carbons (Fsp3) is 0.200. The number of aliphatic imine (C=N–C) groups is 1. The molecular weight excluding hydrogens is 426 g/mol. The average molecular weight is 450 g/mol. The van der Waals surface area contributed by atoms with Crippen LogP contribution in [0, 0.1) is 34.6 Å². The van der Waals surface area contributed by atoms with E-state index in [1.807, 2.05) is 31.2 Å². The Morgan fingerprint density at radius 1 is 1.03 bits per heavy atom. The van der Waals surface area contributed by atoms with Gasteiger partial charge in [0.25, 0.3) is 5.91 Å². The molecule has 1 fully saturated rings. The predicted octanol–water partition coefficient (Wildman–Crippen LogP) is 6.56. The van der Waals surface area contributed by atoms with Gasteiger partial charge >= 0.3 is 0 Å². The molecule has 1 aliphatic heterocycles. The molecule has 2 aromatic carbocycles. The molecule has 0 atom stereocenters. The molecule has 0 unspecified atom stereocenters. The Bertz CT molecular complexity index is 1250. The number of hydrogen-bond acceptors (Lipinski definition) is 3. The van der Waals surface area contributed by atoms with Crippen molar-refractivity contribution < 1.29 is 4.79 Å². The quantitative estimate of drug-likeness (QED) is 0.460. The second-order valence-electron chi connectivity index (χ2n) is 7.87. The molecule has 31 heavy (non-hydrogen) atoms. The number of aryl methyl sites for hydroxylation is 3. The van der Waals surface area contributed by atoms with E-state index in [9.17, 15) is 4.79 Å². The number of aromatic nitrogens is 1. The first kappa shape index (κ1) is 21.5. The largest absolute Gasteiger partial charge is 0.318 e. The maximum atomic E-state index is 12.6. The summed E-state index contributed by atoms with van der Waals surface area (Å²) in [5, 5.41) is 4.08. The van der Waals surface area contributed by atoms with Crippen molar-refractivity contribution in [2.45, 2.75) is 34.6 Å². The van der Waals surface area contributed by atoms with E-state index in [-0.39, 0.29) is 5.91 Å². The van der Waals surface area contributed by atoms with Gasteiger partial charge in [-0.3, -0.25) is 4.79 Å². The molecule has 0 saturated carbocycles. The first-order valence-corrected chi connectivity index (χ1v) is 11.2. The van der Waals surface area contributed by atoms with Gasteiger partial charge in [0.1, 0.15) is 0 Å². The molecule has 0 radical (unpaired) electrons. The van der Waals surface area contributed by atoms with E-state index in [0.29, 0.717) is 15.1 Å². The summed E-state index contributed by atoms with van der Waals surface area (Å²) in [5.41, 5.74) is 8.48. The highest BCUT2D eigenvalue weighted by Crippen LogP contribution is 2.32. The Balaban J connectivity index is 1.67. The van der Waals surface area contributed by atoms with E-state index in [1.54, 1.807) is 0 Å². The number of rotatable bonds is 3. The highest BCUT2D eigenvalue weighted by Gasteiger charge is 2.25. The standard InChI is InChI=1S/C25H24ClN3OS/c1-14-9-15(2)11-20(10-14)29-16(3)12-19(18(29)5)13-23-24(30)28-25(31-23)27-22-8-6-7-21(26)17(22)4/h6-13H,1-5H3,(H,27,28,30)/b23-13+. The van der Waals surface area contributed by atoms with E-state index in [4.69, 9.17) is 11.6 Å². The van der Waals surface area contributed by atoms with Gasteiger partial charge in [-0.2, -0.15) is 0 Å². The molecule has 1 aromatic heterocycles. The van der Waals surface area contributed by atoms with E-state index in [0.717, 1.165) is 33.9 Å². The van der Waals surface area contributed by atoms with Crippen LogP contribution in [-0.2, 0) is 4.79 Å². The van der Waals surface area contributed by atoms with Crippen molar-refractivity contribution in [2.75, 3.05) is 0 Å². The van der Waals surface area contributed by atoms with Gasteiger partial charge in [-0.1, -0.05) is 23.7 Å². The van der Waals surface area contributed by atoms with Crippen molar-refractivity contribution in [1.29, 1.82) is 0 Å². The smallest absolute Gasteiger partial charge is 0.264 e. The second-order valence-corrected chi connectivity index (χ2v) is 9.31. The van der Waals surface area contributed by atoms with Crippen LogP contribution in [-0.4, -0.2) is 15.6 Å². The SMILES string of the molecule is Cc1cc(C)cc(-n2c(C)cc(/C=C3/SC(=Nc4cccc(Cl)c4C)NC3=O)c2C)c1. The third kappa shape index (κ3) is 4.34. The molecule has 1 aliphatic rings.